The minimum absolute atomic E-state index is 0.124. The molecule has 3 aromatic rings. The first-order chi connectivity index (χ1) is 24.0. The second-order valence-electron chi connectivity index (χ2n) is 11.5. The average molecular weight is 756 g/mol. The molecule has 0 amide bonds. The van der Waals surface area contributed by atoms with E-state index in [9.17, 15) is 4.79 Å². The van der Waals surface area contributed by atoms with Crippen molar-refractivity contribution in [2.75, 3.05) is 19.4 Å². The molecule has 0 atom stereocenters. The third-order valence-electron chi connectivity index (χ3n) is 7.97. The van der Waals surface area contributed by atoms with Crippen LogP contribution in [0.5, 0.6) is 0 Å². The smallest absolute Gasteiger partial charge is 0.120 e. The van der Waals surface area contributed by atoms with Crippen LogP contribution in [0.2, 0.25) is 0 Å². The van der Waals surface area contributed by atoms with Crippen molar-refractivity contribution in [3.8, 4) is 0 Å². The number of benzene rings is 3. The first-order valence-corrected chi connectivity index (χ1v) is 22.7. The Morgan fingerprint density at radius 1 is 0.531 bits per heavy atom. The molecule has 0 unspecified atom stereocenters. The van der Waals surface area contributed by atoms with Crippen LogP contribution in [-0.2, 0) is 4.79 Å². The number of allylic oxidation sites excluding steroid dienone is 2. The maximum atomic E-state index is 9.45. The standard InChI is InChI=1S/C25H30BrP.C11H22O.C4H8O2.2C2H4/c1-2-3-4-5-15-22-27(26,23-16-9-6-10-17-23,24-18-11-7-12-19-24)25-20-13-8-14-21-25;1-2-3-4-5-6-7-8-9-10-11-12;5-3-1-2-4-6;2*1-2/h6-14,16-21H,2-5,15,22H2,1H3;7-8,12H,2-6,9-11H2,1H3;3,6H,1-2,4H2;2*1-2H2/b;8-7+;;;. The van der Waals surface area contributed by atoms with E-state index >= 15 is 0 Å². The van der Waals surface area contributed by atoms with E-state index in [1.54, 1.807) is 0 Å². The summed E-state index contributed by atoms with van der Waals surface area (Å²) in [5.41, 5.74) is 0. The van der Waals surface area contributed by atoms with Gasteiger partial charge >= 0.3 is 173 Å². The molecule has 49 heavy (non-hydrogen) atoms. The predicted molar refractivity (Wildman–Crippen MR) is 227 cm³/mol. The van der Waals surface area contributed by atoms with Crippen molar-refractivity contribution in [1.82, 2.24) is 0 Å². The summed E-state index contributed by atoms with van der Waals surface area (Å²) in [4.78, 5) is 9.45. The van der Waals surface area contributed by atoms with Crippen molar-refractivity contribution in [2.24, 2.45) is 0 Å². The summed E-state index contributed by atoms with van der Waals surface area (Å²) in [5, 5.41) is 18.1. The minimum atomic E-state index is -2.68. The number of unbranched alkanes of at least 4 members (excludes halogenated alkanes) is 10. The number of carbonyl (C=O) groups is 1. The Bertz CT molecular complexity index is 1050. The van der Waals surface area contributed by atoms with Crippen LogP contribution in [0.25, 0.3) is 0 Å². The Kier molecular flexibility index (Phi) is 33.5. The van der Waals surface area contributed by atoms with Gasteiger partial charge in [-0.1, -0.05) is 38.3 Å². The molecule has 274 valence electrons. The van der Waals surface area contributed by atoms with E-state index in [2.05, 4.69) is 159 Å². The summed E-state index contributed by atoms with van der Waals surface area (Å²) in [6, 6.07) is 33.4. The monoisotopic (exact) mass is 754 g/mol. The number of rotatable bonds is 20. The van der Waals surface area contributed by atoms with E-state index < -0.39 is 5.31 Å². The van der Waals surface area contributed by atoms with E-state index in [4.69, 9.17) is 10.2 Å². The molecule has 0 radical (unpaired) electrons. The molecule has 3 rings (SSSR count). The molecule has 0 spiro atoms. The third kappa shape index (κ3) is 19.4. The molecule has 0 fully saturated rings. The zero-order valence-electron chi connectivity index (χ0n) is 30.9. The maximum absolute atomic E-state index is 9.45. The van der Waals surface area contributed by atoms with Gasteiger partial charge in [0.1, 0.15) is 6.29 Å². The Morgan fingerprint density at radius 3 is 1.22 bits per heavy atom. The van der Waals surface area contributed by atoms with Crippen LogP contribution in [0.1, 0.15) is 104 Å². The van der Waals surface area contributed by atoms with Gasteiger partial charge in [-0.15, -0.1) is 26.3 Å². The summed E-state index contributed by atoms with van der Waals surface area (Å²) < 4.78 is 0. The minimum Gasteiger partial charge on any atom is -0.396 e. The fourth-order valence-corrected chi connectivity index (χ4v) is 13.1. The van der Waals surface area contributed by atoms with Crippen LogP contribution >= 0.6 is 20.8 Å². The van der Waals surface area contributed by atoms with Gasteiger partial charge in [0.25, 0.3) is 0 Å². The van der Waals surface area contributed by atoms with E-state index in [0.29, 0.717) is 19.4 Å². The number of aliphatic hydroxyl groups is 2. The Hall–Kier alpha value is -2.62. The van der Waals surface area contributed by atoms with Crippen molar-refractivity contribution in [1.29, 1.82) is 0 Å². The molecule has 3 aromatic carbocycles. The number of halogens is 1. The molecule has 5 heteroatoms. The quantitative estimate of drug-likeness (QED) is 0.0523. The maximum Gasteiger partial charge on any atom is 0.120 e. The molecular weight excluding hydrogens is 687 g/mol. The molecule has 0 aliphatic carbocycles. The fraction of sp³-hybridized carbons (Fsp3) is 0.432. The zero-order chi connectivity index (χ0) is 36.9. The van der Waals surface area contributed by atoms with Gasteiger partial charge in [0.05, 0.1) is 0 Å². The molecular formula is C44H68BrO3P. The zero-order valence-corrected chi connectivity index (χ0v) is 33.3. The van der Waals surface area contributed by atoms with Crippen molar-refractivity contribution < 1.29 is 15.0 Å². The van der Waals surface area contributed by atoms with Crippen LogP contribution < -0.4 is 15.9 Å². The second kappa shape index (κ2) is 33.9. The van der Waals surface area contributed by atoms with Gasteiger partial charge < -0.3 is 15.0 Å². The average Bonchev–Trinajstić information content (AvgIpc) is 3.18. The molecule has 0 bridgehead atoms. The predicted octanol–water partition coefficient (Wildman–Crippen LogP) is 11.6. The Balaban J connectivity index is 0. The van der Waals surface area contributed by atoms with E-state index in [1.807, 2.05) is 0 Å². The van der Waals surface area contributed by atoms with E-state index in [0.717, 1.165) is 25.3 Å². The first-order valence-electron chi connectivity index (χ1n) is 18.2. The van der Waals surface area contributed by atoms with Crippen LogP contribution in [0.3, 0.4) is 0 Å². The number of carbonyl (C=O) groups excluding carboxylic acids is 1. The second-order valence-corrected chi connectivity index (χ2v) is 20.6. The van der Waals surface area contributed by atoms with Crippen LogP contribution in [-0.4, -0.2) is 35.9 Å². The number of hydrogen-bond acceptors (Lipinski definition) is 3. The molecule has 0 saturated carbocycles. The molecule has 0 aromatic heterocycles. The van der Waals surface area contributed by atoms with Crippen LogP contribution in [0, 0.1) is 0 Å². The molecule has 2 N–H and O–H groups in total. The van der Waals surface area contributed by atoms with Gasteiger partial charge in [0, 0.05) is 19.6 Å². The van der Waals surface area contributed by atoms with Crippen molar-refractivity contribution in [2.45, 2.75) is 104 Å². The van der Waals surface area contributed by atoms with Gasteiger partial charge in [-0.25, -0.2) is 0 Å². The van der Waals surface area contributed by atoms with Gasteiger partial charge in [0.2, 0.25) is 0 Å². The SMILES string of the molecule is C=C.C=C.CCCCCC/C=C/CCCO.CCCCCCCP(Br)(c1ccccc1)(c1ccccc1)c1ccccc1.O=CCCCO. The van der Waals surface area contributed by atoms with Gasteiger partial charge in [0.15, 0.2) is 0 Å². The van der Waals surface area contributed by atoms with Crippen LogP contribution in [0.4, 0.5) is 0 Å². The topological polar surface area (TPSA) is 57.5 Å². The number of aldehydes is 1. The Labute approximate surface area is 309 Å². The summed E-state index contributed by atoms with van der Waals surface area (Å²) in [5.74, 6) is 0. The first kappa shape index (κ1) is 48.5. The summed E-state index contributed by atoms with van der Waals surface area (Å²) in [6.45, 7) is 17.0. The molecule has 0 heterocycles. The molecule has 0 aliphatic heterocycles. The summed E-state index contributed by atoms with van der Waals surface area (Å²) in [7, 11) is 0. The Morgan fingerprint density at radius 2 is 0.878 bits per heavy atom. The number of hydrogen-bond donors (Lipinski definition) is 2. The molecule has 0 aliphatic rings. The summed E-state index contributed by atoms with van der Waals surface area (Å²) >= 11 is 4.52. The van der Waals surface area contributed by atoms with Gasteiger partial charge in [-0.05, 0) is 32.1 Å². The van der Waals surface area contributed by atoms with Crippen molar-refractivity contribution >= 4 is 43.0 Å². The van der Waals surface area contributed by atoms with Gasteiger partial charge in [-0.2, -0.15) is 0 Å². The molecule has 3 nitrogen and oxygen atoms in total. The largest absolute Gasteiger partial charge is 0.396 e. The van der Waals surface area contributed by atoms with Gasteiger partial charge in [-0.3, -0.25) is 0 Å². The van der Waals surface area contributed by atoms with E-state index in [1.165, 1.54) is 80.1 Å². The van der Waals surface area contributed by atoms with E-state index in [-0.39, 0.29) is 6.61 Å². The summed E-state index contributed by atoms with van der Waals surface area (Å²) in [6.07, 6.45) is 22.5. The van der Waals surface area contributed by atoms with Crippen LogP contribution in [0.15, 0.2) is 129 Å². The number of aliphatic hydroxyl groups excluding tert-OH is 2. The fourth-order valence-electron chi connectivity index (χ4n) is 5.37. The third-order valence-corrected chi connectivity index (χ3v) is 18.0. The normalized spacial score (nSPS) is 11.1. The molecule has 0 saturated heterocycles. The van der Waals surface area contributed by atoms with Crippen molar-refractivity contribution in [3.05, 3.63) is 129 Å². The van der Waals surface area contributed by atoms with Crippen molar-refractivity contribution in [3.63, 3.8) is 0 Å².